The Kier molecular flexibility index (Phi) is 18.0. The number of urea groups is 1. The summed E-state index contributed by atoms with van der Waals surface area (Å²) in [6.45, 7) is 4.63. The summed E-state index contributed by atoms with van der Waals surface area (Å²) in [4.78, 5) is 50.2. The van der Waals surface area contributed by atoms with Crippen molar-refractivity contribution in [3.05, 3.63) is 12.2 Å². The molecule has 0 aromatic carbocycles. The van der Waals surface area contributed by atoms with Gasteiger partial charge in [0, 0.05) is 26.3 Å². The third kappa shape index (κ3) is 12.6. The molecule has 326 valence electrons. The van der Waals surface area contributed by atoms with Crippen molar-refractivity contribution in [3.8, 4) is 0 Å². The predicted molar refractivity (Wildman–Crippen MR) is 196 cm³/mol. The molecule has 5 amide bonds. The van der Waals surface area contributed by atoms with Crippen LogP contribution in [0.2, 0.25) is 0 Å². The number of hydrogen-bond acceptors (Lipinski definition) is 16. The number of nitrogens with one attached hydrogen (secondary N) is 3. The van der Waals surface area contributed by atoms with Crippen LogP contribution in [0.25, 0.3) is 0 Å². The van der Waals surface area contributed by atoms with Gasteiger partial charge in [-0.1, -0.05) is 58.4 Å². The van der Waals surface area contributed by atoms with Crippen molar-refractivity contribution in [2.75, 3.05) is 13.2 Å². The maximum Gasteiger partial charge on any atom is 0.326 e. The highest BCUT2D eigenvalue weighted by atomic mass is 16.8. The molecule has 15 atom stereocenters. The SMILES string of the molecule is CC(=O)N[C@@H]1[C@H](O[C@@H]2O[C@H](C[C@@H](O)[C@H]3O[C@@H](N4CCC(=O)NC4=O)[C@H](O)[C@@H]3O)[C@H](O)[C@H](O)[C@H]2NC(=O)/C=C\CCCCCCCCC(C)C)O[C@@H](CO)[C@H](O)[C@H]1O. The van der Waals surface area contributed by atoms with Crippen LogP contribution in [0.3, 0.4) is 0 Å². The smallest absolute Gasteiger partial charge is 0.326 e. The van der Waals surface area contributed by atoms with Gasteiger partial charge in [-0.3, -0.25) is 24.6 Å². The van der Waals surface area contributed by atoms with Gasteiger partial charge < -0.3 is 70.4 Å². The van der Waals surface area contributed by atoms with Crippen LogP contribution < -0.4 is 16.0 Å². The summed E-state index contributed by atoms with van der Waals surface area (Å²) in [6, 6.07) is -3.86. The highest BCUT2D eigenvalue weighted by Crippen LogP contribution is 2.33. The summed E-state index contributed by atoms with van der Waals surface area (Å²) < 4.78 is 23.3. The molecule has 0 aromatic rings. The van der Waals surface area contributed by atoms with E-state index in [9.17, 15) is 60.0 Å². The first-order valence-corrected chi connectivity index (χ1v) is 19.9. The molecule has 20 heteroatoms. The first-order valence-electron chi connectivity index (χ1n) is 19.9. The van der Waals surface area contributed by atoms with E-state index in [2.05, 4.69) is 29.8 Å². The lowest BCUT2D eigenvalue weighted by atomic mass is 9.91. The van der Waals surface area contributed by atoms with Crippen LogP contribution >= 0.6 is 0 Å². The fourth-order valence-corrected chi connectivity index (χ4v) is 7.49. The Labute approximate surface area is 331 Å². The molecule has 0 saturated carbocycles. The van der Waals surface area contributed by atoms with Gasteiger partial charge in [0.05, 0.1) is 18.8 Å². The Balaban J connectivity index is 1.46. The Morgan fingerprint density at radius 2 is 1.44 bits per heavy atom. The fourth-order valence-electron chi connectivity index (χ4n) is 7.49. The molecule has 11 N–H and O–H groups in total. The number of carbonyl (C=O) groups is 4. The van der Waals surface area contributed by atoms with Crippen LogP contribution in [0.4, 0.5) is 4.79 Å². The van der Waals surface area contributed by atoms with Crippen LogP contribution in [0.1, 0.15) is 85.0 Å². The van der Waals surface area contributed by atoms with Gasteiger partial charge >= 0.3 is 6.03 Å². The number of unbranched alkanes of at least 4 members (excludes halogenated alkanes) is 6. The Morgan fingerprint density at radius 1 is 0.842 bits per heavy atom. The van der Waals surface area contributed by atoms with Gasteiger partial charge in [-0.05, 0) is 24.8 Å². The summed E-state index contributed by atoms with van der Waals surface area (Å²) in [5, 5.41) is 93.5. The van der Waals surface area contributed by atoms with E-state index in [4.69, 9.17) is 18.9 Å². The van der Waals surface area contributed by atoms with Crippen LogP contribution in [0, 0.1) is 5.92 Å². The summed E-state index contributed by atoms with van der Waals surface area (Å²) in [5.41, 5.74) is 0. The molecule has 4 heterocycles. The molecule has 0 spiro atoms. The van der Waals surface area contributed by atoms with Crippen LogP contribution in [-0.2, 0) is 33.3 Å². The maximum atomic E-state index is 13.1. The Bertz CT molecular complexity index is 1360. The Morgan fingerprint density at radius 3 is 2.05 bits per heavy atom. The fraction of sp³-hybridized carbons (Fsp3) is 0.838. The average Bonchev–Trinajstić information content (AvgIpc) is 3.45. The monoisotopic (exact) mass is 818 g/mol. The normalized spacial score (nSPS) is 36.7. The number of aliphatic hydroxyl groups is 8. The maximum absolute atomic E-state index is 13.1. The predicted octanol–water partition coefficient (Wildman–Crippen LogP) is -2.65. The van der Waals surface area contributed by atoms with Gasteiger partial charge in [-0.2, -0.15) is 0 Å². The van der Waals surface area contributed by atoms with Crippen molar-refractivity contribution in [2.24, 2.45) is 5.92 Å². The van der Waals surface area contributed by atoms with Crippen molar-refractivity contribution < 1.29 is 79.0 Å². The summed E-state index contributed by atoms with van der Waals surface area (Å²) >= 11 is 0. The molecule has 20 nitrogen and oxygen atoms in total. The van der Waals surface area contributed by atoms with E-state index in [0.717, 1.165) is 37.5 Å². The molecule has 57 heavy (non-hydrogen) atoms. The van der Waals surface area contributed by atoms with Crippen molar-refractivity contribution in [2.45, 2.75) is 177 Å². The first-order chi connectivity index (χ1) is 27.0. The highest BCUT2D eigenvalue weighted by molar-refractivity contribution is 5.96. The number of carbonyl (C=O) groups excluding carboxylic acids is 4. The summed E-state index contributed by atoms with van der Waals surface area (Å²) in [7, 11) is 0. The zero-order chi connectivity index (χ0) is 42.0. The van der Waals surface area contributed by atoms with Crippen LogP contribution in [-0.4, -0.2) is 175 Å². The lowest BCUT2D eigenvalue weighted by molar-refractivity contribution is -0.346. The van der Waals surface area contributed by atoms with Gasteiger partial charge in [0.2, 0.25) is 17.7 Å². The summed E-state index contributed by atoms with van der Waals surface area (Å²) in [6.07, 6.45) is -11.1. The van der Waals surface area contributed by atoms with Crippen molar-refractivity contribution in [3.63, 3.8) is 0 Å². The number of imide groups is 1. The number of nitrogens with zero attached hydrogens (tertiary/aromatic N) is 1. The molecule has 4 rings (SSSR count). The molecule has 0 aromatic heterocycles. The molecular formula is C37H62N4O16. The third-order valence-electron chi connectivity index (χ3n) is 10.7. The second kappa shape index (κ2) is 21.9. The molecule has 0 aliphatic carbocycles. The standard InChI is InChI=1S/C37H62N4O16/c1-18(2)12-10-8-6-4-5-7-9-11-13-23(45)39-26-30(50)27(47)21(54-36(26)57-35-25(38-19(3)43)29(49)28(48)22(17-42)55-35)16-20(44)33-31(51)32(52)34(56-33)41-15-14-24(46)40-37(41)53/h11,13,18,20-22,25-36,42,44,47-52H,4-10,12,14-17H2,1-3H3,(H,38,43)(H,39,45)(H,40,46,53)/b13-11-/t20-,21-,22+,25+,26-,27+,28+,29+,30-,31+,32-,33-,34-,35+,36+/m1/s1. The van der Waals surface area contributed by atoms with Crippen molar-refractivity contribution in [1.29, 1.82) is 0 Å². The van der Waals surface area contributed by atoms with E-state index in [1.165, 1.54) is 25.3 Å². The van der Waals surface area contributed by atoms with E-state index in [0.29, 0.717) is 12.3 Å². The molecular weight excluding hydrogens is 756 g/mol. The first kappa shape index (κ1) is 46.8. The van der Waals surface area contributed by atoms with Crippen molar-refractivity contribution in [1.82, 2.24) is 20.9 Å². The number of amides is 5. The van der Waals surface area contributed by atoms with E-state index < -0.39 is 129 Å². The number of hydrogen-bond donors (Lipinski definition) is 11. The molecule has 4 aliphatic heterocycles. The van der Waals surface area contributed by atoms with Crippen LogP contribution in [0.5, 0.6) is 0 Å². The minimum atomic E-state index is -1.84. The van der Waals surface area contributed by atoms with Crippen LogP contribution in [0.15, 0.2) is 12.2 Å². The lowest BCUT2D eigenvalue weighted by Crippen LogP contribution is -2.68. The largest absolute Gasteiger partial charge is 0.394 e. The quantitative estimate of drug-likeness (QED) is 0.0469. The Hall–Kier alpha value is -2.86. The molecule has 0 radical (unpaired) electrons. The highest BCUT2D eigenvalue weighted by Gasteiger charge is 2.54. The minimum absolute atomic E-state index is 0.0994. The van der Waals surface area contributed by atoms with Gasteiger partial charge in [0.1, 0.15) is 60.9 Å². The molecule has 4 fully saturated rings. The average molecular weight is 819 g/mol. The van der Waals surface area contributed by atoms with Gasteiger partial charge in [-0.15, -0.1) is 0 Å². The van der Waals surface area contributed by atoms with Gasteiger partial charge in [-0.25, -0.2) is 4.79 Å². The molecule has 4 aliphatic rings. The number of ether oxygens (including phenoxy) is 4. The van der Waals surface area contributed by atoms with E-state index in [1.54, 1.807) is 6.08 Å². The van der Waals surface area contributed by atoms with E-state index in [-0.39, 0.29) is 13.0 Å². The zero-order valence-corrected chi connectivity index (χ0v) is 32.7. The number of rotatable bonds is 19. The molecule has 4 saturated heterocycles. The summed E-state index contributed by atoms with van der Waals surface area (Å²) in [5.74, 6) is -1.20. The molecule has 0 unspecified atom stereocenters. The molecule has 0 bridgehead atoms. The topological polar surface area (TPSA) is 306 Å². The second-order valence-electron chi connectivity index (χ2n) is 15.7. The van der Waals surface area contributed by atoms with E-state index >= 15 is 0 Å². The van der Waals surface area contributed by atoms with E-state index in [1.807, 2.05) is 0 Å². The lowest BCUT2D eigenvalue weighted by Gasteiger charge is -2.47. The van der Waals surface area contributed by atoms with Gasteiger partial charge in [0.15, 0.2) is 18.8 Å². The minimum Gasteiger partial charge on any atom is -0.394 e. The zero-order valence-electron chi connectivity index (χ0n) is 32.7. The third-order valence-corrected chi connectivity index (χ3v) is 10.7. The second-order valence-corrected chi connectivity index (χ2v) is 15.7. The number of aliphatic hydroxyl groups excluding tert-OH is 8. The number of allylic oxidation sites excluding steroid dienone is 1. The van der Waals surface area contributed by atoms with Gasteiger partial charge in [0.25, 0.3) is 0 Å². The van der Waals surface area contributed by atoms with Crippen molar-refractivity contribution >= 4 is 23.8 Å².